The van der Waals surface area contributed by atoms with Crippen molar-refractivity contribution in [1.82, 2.24) is 35.1 Å². The first-order valence-electron chi connectivity index (χ1n) is 11.2. The maximum absolute atomic E-state index is 15.1. The maximum Gasteiger partial charge on any atom is 0.159 e. The van der Waals surface area contributed by atoms with Crippen molar-refractivity contribution in [3.8, 4) is 33.9 Å². The Hall–Kier alpha value is -4.66. The predicted molar refractivity (Wildman–Crippen MR) is 134 cm³/mol. The van der Waals surface area contributed by atoms with E-state index in [2.05, 4.69) is 35.5 Å². The van der Waals surface area contributed by atoms with Crippen LogP contribution in [0.25, 0.3) is 55.8 Å². The van der Waals surface area contributed by atoms with Gasteiger partial charge in [-0.1, -0.05) is 0 Å². The lowest BCUT2D eigenvalue weighted by Gasteiger charge is -2.11. The van der Waals surface area contributed by atoms with Gasteiger partial charge in [-0.25, -0.2) is 9.37 Å². The van der Waals surface area contributed by atoms with Crippen LogP contribution in [0.2, 0.25) is 0 Å². The number of aromatic amines is 2. The van der Waals surface area contributed by atoms with E-state index in [1.807, 2.05) is 38.1 Å². The second kappa shape index (κ2) is 8.28. The van der Waals surface area contributed by atoms with Crippen molar-refractivity contribution in [1.29, 1.82) is 0 Å². The number of hydrogen-bond donors (Lipinski definition) is 3. The lowest BCUT2D eigenvalue weighted by Crippen LogP contribution is -2.09. The molecule has 8 nitrogen and oxygen atoms in total. The molecular weight excluding hydrogens is 443 g/mol. The summed E-state index contributed by atoms with van der Waals surface area (Å²) in [6.07, 6.45) is 8.57. The van der Waals surface area contributed by atoms with E-state index in [4.69, 9.17) is 4.98 Å². The molecule has 0 radical (unpaired) electrons. The molecule has 35 heavy (non-hydrogen) atoms. The Morgan fingerprint density at radius 3 is 2.57 bits per heavy atom. The molecule has 1 aromatic carbocycles. The van der Waals surface area contributed by atoms with Crippen LogP contribution in [0.15, 0.2) is 67.4 Å². The highest BCUT2D eigenvalue weighted by Gasteiger charge is 2.18. The normalized spacial score (nSPS) is 11.5. The molecule has 3 N–H and O–H groups in total. The quantitative estimate of drug-likeness (QED) is 0.307. The molecule has 0 saturated heterocycles. The monoisotopic (exact) mass is 464 g/mol. The third-order valence-electron chi connectivity index (χ3n) is 5.73. The van der Waals surface area contributed by atoms with Crippen molar-refractivity contribution in [2.24, 2.45) is 0 Å². The number of H-pyrrole nitrogens is 2. The summed E-state index contributed by atoms with van der Waals surface area (Å²) in [5.41, 5.74) is 6.35. The van der Waals surface area contributed by atoms with Crippen LogP contribution in [0.1, 0.15) is 13.8 Å². The van der Waals surface area contributed by atoms with Crippen molar-refractivity contribution in [2.45, 2.75) is 19.9 Å². The summed E-state index contributed by atoms with van der Waals surface area (Å²) >= 11 is 0. The van der Waals surface area contributed by atoms with E-state index < -0.39 is 0 Å². The highest BCUT2D eigenvalue weighted by molar-refractivity contribution is 5.97. The van der Waals surface area contributed by atoms with Crippen molar-refractivity contribution < 1.29 is 4.39 Å². The van der Waals surface area contributed by atoms with E-state index in [0.717, 1.165) is 33.4 Å². The number of nitrogens with one attached hydrogen (secondary N) is 3. The van der Waals surface area contributed by atoms with Crippen LogP contribution in [-0.4, -0.2) is 41.2 Å². The number of nitrogens with zero attached hydrogens (tertiary/aromatic N) is 5. The molecule has 0 atom stereocenters. The Bertz CT molecular complexity index is 1670. The van der Waals surface area contributed by atoms with Gasteiger partial charge in [-0.15, -0.1) is 0 Å². The first-order chi connectivity index (χ1) is 17.1. The zero-order chi connectivity index (χ0) is 23.9. The first-order valence-corrected chi connectivity index (χ1v) is 11.2. The molecule has 9 heteroatoms. The van der Waals surface area contributed by atoms with Crippen molar-refractivity contribution in [3.63, 3.8) is 0 Å². The minimum atomic E-state index is -0.357. The highest BCUT2D eigenvalue weighted by atomic mass is 19.1. The third kappa shape index (κ3) is 3.76. The molecule has 5 heterocycles. The summed E-state index contributed by atoms with van der Waals surface area (Å²) in [4.78, 5) is 21.1. The Morgan fingerprint density at radius 1 is 0.886 bits per heavy atom. The zero-order valence-electron chi connectivity index (χ0n) is 19.0. The van der Waals surface area contributed by atoms with Gasteiger partial charge in [0.15, 0.2) is 5.82 Å². The topological polar surface area (TPSA) is 108 Å². The zero-order valence-corrected chi connectivity index (χ0v) is 19.0. The molecule has 0 unspecified atom stereocenters. The molecule has 0 fully saturated rings. The number of hydrogen-bond acceptors (Lipinski definition) is 6. The second-order valence-electron chi connectivity index (χ2n) is 8.59. The van der Waals surface area contributed by atoms with Gasteiger partial charge in [0.1, 0.15) is 17.0 Å². The van der Waals surface area contributed by atoms with E-state index >= 15 is 4.39 Å². The van der Waals surface area contributed by atoms with Gasteiger partial charge in [0, 0.05) is 65.2 Å². The van der Waals surface area contributed by atoms with Gasteiger partial charge >= 0.3 is 0 Å². The number of anilines is 1. The number of rotatable bonds is 5. The Labute approximate surface area is 199 Å². The molecule has 0 saturated carbocycles. The standard InChI is InChI=1S/C26H21FN8/c1-14(2)31-17-9-16(12-29-13-17)18-10-19-22(11-20(18)27)34-35-24(19)26-32-21-5-8-30-23(25(21)33-26)15-3-6-28-7-4-15/h3-14,31H,1-2H3,(H,32,33)(H,34,35). The number of halogens is 1. The molecule has 6 aromatic rings. The predicted octanol–water partition coefficient (Wildman–Crippen LogP) is 5.58. The molecule has 0 amide bonds. The summed E-state index contributed by atoms with van der Waals surface area (Å²) in [5, 5.41) is 11.4. The average Bonchev–Trinajstić information content (AvgIpc) is 3.47. The molecule has 0 spiro atoms. The van der Waals surface area contributed by atoms with Crippen LogP contribution >= 0.6 is 0 Å². The molecule has 5 aromatic heterocycles. The third-order valence-corrected chi connectivity index (χ3v) is 5.73. The molecule has 172 valence electrons. The van der Waals surface area contributed by atoms with Crippen LogP contribution < -0.4 is 5.32 Å². The number of benzene rings is 1. The lowest BCUT2D eigenvalue weighted by molar-refractivity contribution is 0.632. The van der Waals surface area contributed by atoms with Crippen LogP contribution in [0, 0.1) is 5.82 Å². The van der Waals surface area contributed by atoms with E-state index in [-0.39, 0.29) is 11.9 Å². The SMILES string of the molecule is CC(C)Nc1cncc(-c2cc3c(-c4nc5c(-c6ccncc6)nccc5[nH]4)n[nH]c3cc2F)c1. The minimum absolute atomic E-state index is 0.236. The fourth-order valence-electron chi connectivity index (χ4n) is 4.21. The van der Waals surface area contributed by atoms with E-state index in [0.29, 0.717) is 28.2 Å². The van der Waals surface area contributed by atoms with Crippen molar-refractivity contribution in [3.05, 3.63) is 73.2 Å². The maximum atomic E-state index is 15.1. The van der Waals surface area contributed by atoms with Gasteiger partial charge < -0.3 is 10.3 Å². The van der Waals surface area contributed by atoms with Crippen LogP contribution in [0.4, 0.5) is 10.1 Å². The minimum Gasteiger partial charge on any atom is -0.382 e. The van der Waals surface area contributed by atoms with Crippen LogP contribution in [-0.2, 0) is 0 Å². The van der Waals surface area contributed by atoms with E-state index in [1.165, 1.54) is 6.07 Å². The fraction of sp³-hybridized carbons (Fsp3) is 0.115. The largest absolute Gasteiger partial charge is 0.382 e. The molecule has 6 rings (SSSR count). The van der Waals surface area contributed by atoms with Crippen molar-refractivity contribution >= 4 is 27.6 Å². The molecule has 0 aliphatic rings. The van der Waals surface area contributed by atoms with Crippen LogP contribution in [0.3, 0.4) is 0 Å². The summed E-state index contributed by atoms with van der Waals surface area (Å²) < 4.78 is 15.1. The lowest BCUT2D eigenvalue weighted by atomic mass is 10.0. The Morgan fingerprint density at radius 2 is 1.74 bits per heavy atom. The summed E-state index contributed by atoms with van der Waals surface area (Å²) in [6.45, 7) is 4.08. The van der Waals surface area contributed by atoms with Crippen LogP contribution in [0.5, 0.6) is 0 Å². The summed E-state index contributed by atoms with van der Waals surface area (Å²) in [7, 11) is 0. The van der Waals surface area contributed by atoms with Gasteiger partial charge in [0.25, 0.3) is 0 Å². The number of fused-ring (bicyclic) bond motifs is 2. The fourth-order valence-corrected chi connectivity index (χ4v) is 4.21. The summed E-state index contributed by atoms with van der Waals surface area (Å²) in [5.74, 6) is 0.213. The Balaban J connectivity index is 1.48. The molecular formula is C26H21FN8. The highest BCUT2D eigenvalue weighted by Crippen LogP contribution is 2.34. The number of imidazole rings is 1. The number of pyridine rings is 3. The van der Waals surface area contributed by atoms with Gasteiger partial charge in [0.05, 0.1) is 22.4 Å². The molecule has 0 aliphatic heterocycles. The summed E-state index contributed by atoms with van der Waals surface area (Å²) in [6, 6.07) is 11.0. The smallest absolute Gasteiger partial charge is 0.159 e. The van der Waals surface area contributed by atoms with Crippen molar-refractivity contribution in [2.75, 3.05) is 5.32 Å². The molecule has 0 bridgehead atoms. The van der Waals surface area contributed by atoms with Gasteiger partial charge in [-0.05, 0) is 44.2 Å². The Kier molecular flexibility index (Phi) is 4.95. The number of aromatic nitrogens is 7. The van der Waals surface area contributed by atoms with Gasteiger partial charge in [-0.3, -0.25) is 20.1 Å². The second-order valence-corrected chi connectivity index (χ2v) is 8.59. The first kappa shape index (κ1) is 20.9. The van der Waals surface area contributed by atoms with E-state index in [1.54, 1.807) is 37.1 Å². The van der Waals surface area contributed by atoms with E-state index in [9.17, 15) is 0 Å². The average molecular weight is 465 g/mol. The van der Waals surface area contributed by atoms with Gasteiger partial charge in [-0.2, -0.15) is 5.10 Å². The molecule has 0 aliphatic carbocycles. The van der Waals surface area contributed by atoms with Gasteiger partial charge in [0.2, 0.25) is 0 Å².